The zero-order chi connectivity index (χ0) is 13.3. The molecule has 0 spiro atoms. The summed E-state index contributed by atoms with van der Waals surface area (Å²) in [4.78, 5) is 22.5. The van der Waals surface area contributed by atoms with Crippen LogP contribution in [0.15, 0.2) is 0 Å². The highest BCUT2D eigenvalue weighted by Crippen LogP contribution is 2.23. The Morgan fingerprint density at radius 3 is 2.47 bits per heavy atom. The number of nitrogens with two attached hydrogens (primary N) is 2. The van der Waals surface area contributed by atoms with Gasteiger partial charge in [0.05, 0.1) is 6.54 Å². The van der Waals surface area contributed by atoms with E-state index in [2.05, 4.69) is 9.47 Å². The molecule has 5 N–H and O–H groups in total. The number of carbonyl (C=O) groups excluding carboxylic acids is 2. The predicted octanol–water partition coefficient (Wildman–Crippen LogP) is -2.31. The van der Waals surface area contributed by atoms with Crippen LogP contribution < -0.4 is 11.5 Å². The normalized spacial score (nSPS) is 31.1. The van der Waals surface area contributed by atoms with Gasteiger partial charge in [-0.15, -0.1) is 0 Å². The highest BCUT2D eigenvalue weighted by Gasteiger charge is 2.52. The summed E-state index contributed by atoms with van der Waals surface area (Å²) >= 11 is 0. The van der Waals surface area contributed by atoms with Gasteiger partial charge in [0.2, 0.25) is 0 Å². The lowest BCUT2D eigenvalue weighted by Crippen LogP contribution is -2.55. The third kappa shape index (κ3) is 2.72. The van der Waals surface area contributed by atoms with Crippen molar-refractivity contribution in [2.45, 2.75) is 24.0 Å². The molecule has 0 amide bonds. The maximum atomic E-state index is 11.3. The largest absolute Gasteiger partial charge is 0.406 e. The second kappa shape index (κ2) is 4.56. The fourth-order valence-corrected chi connectivity index (χ4v) is 1.76. The van der Waals surface area contributed by atoms with E-state index in [0.717, 1.165) is 0 Å². The van der Waals surface area contributed by atoms with Crippen LogP contribution >= 0.6 is 0 Å². The SMILES string of the molecule is NCC1(S(=O)(=O)O)OC(=O)CCC(N)C(=O)O1. The summed E-state index contributed by atoms with van der Waals surface area (Å²) in [5.41, 5.74) is 10.4. The maximum absolute atomic E-state index is 11.3. The van der Waals surface area contributed by atoms with E-state index in [1.807, 2.05) is 0 Å². The molecule has 0 bridgehead atoms. The Morgan fingerprint density at radius 2 is 2.00 bits per heavy atom. The zero-order valence-electron chi connectivity index (χ0n) is 8.66. The van der Waals surface area contributed by atoms with Crippen LogP contribution in [0.5, 0.6) is 0 Å². The molecule has 2 atom stereocenters. The standard InChI is InChI=1S/C7H12N2O7S/c8-3-7(17(12,13)14)15-5(10)2-1-4(9)6(11)16-7/h4H,1-3,8-9H2,(H,12,13,14). The molecule has 17 heavy (non-hydrogen) atoms. The molecule has 98 valence electrons. The van der Waals surface area contributed by atoms with Gasteiger partial charge < -0.3 is 20.9 Å². The van der Waals surface area contributed by atoms with Crippen molar-refractivity contribution >= 4 is 22.1 Å². The van der Waals surface area contributed by atoms with Crippen LogP contribution in [0.25, 0.3) is 0 Å². The van der Waals surface area contributed by atoms with E-state index in [1.165, 1.54) is 0 Å². The summed E-state index contributed by atoms with van der Waals surface area (Å²) in [5.74, 6) is -2.11. The van der Waals surface area contributed by atoms with E-state index in [1.54, 1.807) is 0 Å². The molecule has 2 unspecified atom stereocenters. The second-order valence-corrected chi connectivity index (χ2v) is 4.97. The van der Waals surface area contributed by atoms with Crippen LogP contribution in [0.2, 0.25) is 0 Å². The third-order valence-corrected chi connectivity index (χ3v) is 3.25. The molecule has 1 aliphatic heterocycles. The minimum atomic E-state index is -5.03. The molecule has 0 aromatic rings. The number of cyclic esters (lactones) is 2. The first-order chi connectivity index (χ1) is 7.72. The average Bonchev–Trinajstić information content (AvgIpc) is 2.21. The Balaban J connectivity index is 3.17. The van der Waals surface area contributed by atoms with E-state index in [0.29, 0.717) is 0 Å². The third-order valence-electron chi connectivity index (χ3n) is 2.13. The van der Waals surface area contributed by atoms with Gasteiger partial charge in [0.25, 0.3) is 0 Å². The number of hydrogen-bond acceptors (Lipinski definition) is 8. The lowest BCUT2D eigenvalue weighted by Gasteiger charge is -2.31. The molecule has 0 aliphatic carbocycles. The van der Waals surface area contributed by atoms with Crippen molar-refractivity contribution in [3.8, 4) is 0 Å². The number of ether oxygens (including phenoxy) is 2. The smallest absolute Gasteiger partial charge is 0.398 e. The molecule has 0 aromatic heterocycles. The Hall–Kier alpha value is -1.23. The van der Waals surface area contributed by atoms with Gasteiger partial charge in [-0.3, -0.25) is 14.1 Å². The lowest BCUT2D eigenvalue weighted by molar-refractivity contribution is -0.204. The summed E-state index contributed by atoms with van der Waals surface area (Å²) in [6, 6.07) is -1.18. The molecule has 1 fully saturated rings. The average molecular weight is 268 g/mol. The topological polar surface area (TPSA) is 159 Å². The van der Waals surface area contributed by atoms with E-state index in [4.69, 9.17) is 16.0 Å². The van der Waals surface area contributed by atoms with E-state index >= 15 is 0 Å². The predicted molar refractivity (Wildman–Crippen MR) is 52.7 cm³/mol. The van der Waals surface area contributed by atoms with Crippen molar-refractivity contribution in [3.63, 3.8) is 0 Å². The molecule has 9 nitrogen and oxygen atoms in total. The van der Waals surface area contributed by atoms with Gasteiger partial charge in [-0.1, -0.05) is 0 Å². The number of carbonyl (C=O) groups is 2. The first kappa shape index (κ1) is 13.8. The molecule has 1 rings (SSSR count). The van der Waals surface area contributed by atoms with Crippen molar-refractivity contribution in [3.05, 3.63) is 0 Å². The Kier molecular flexibility index (Phi) is 3.71. The van der Waals surface area contributed by atoms with Crippen molar-refractivity contribution in [2.75, 3.05) is 6.54 Å². The van der Waals surface area contributed by atoms with E-state index in [-0.39, 0.29) is 12.8 Å². The van der Waals surface area contributed by atoms with Crippen molar-refractivity contribution in [1.82, 2.24) is 0 Å². The van der Waals surface area contributed by atoms with Crippen LogP contribution in [0, 0.1) is 0 Å². The van der Waals surface area contributed by atoms with Gasteiger partial charge in [-0.05, 0) is 6.42 Å². The van der Waals surface area contributed by atoms with Gasteiger partial charge in [0.1, 0.15) is 6.04 Å². The zero-order valence-corrected chi connectivity index (χ0v) is 9.47. The van der Waals surface area contributed by atoms with Crippen LogP contribution in [-0.2, 0) is 29.2 Å². The Morgan fingerprint density at radius 1 is 1.41 bits per heavy atom. The van der Waals surface area contributed by atoms with Crippen molar-refractivity contribution in [1.29, 1.82) is 0 Å². The van der Waals surface area contributed by atoms with E-state index in [9.17, 15) is 18.0 Å². The van der Waals surface area contributed by atoms with Gasteiger partial charge in [0.15, 0.2) is 0 Å². The molecule has 0 aromatic carbocycles. The monoisotopic (exact) mass is 268 g/mol. The van der Waals surface area contributed by atoms with Crippen molar-refractivity contribution < 1.29 is 32.0 Å². The van der Waals surface area contributed by atoms with Crippen LogP contribution in [0.4, 0.5) is 0 Å². The van der Waals surface area contributed by atoms with Gasteiger partial charge in [0, 0.05) is 6.42 Å². The summed E-state index contributed by atoms with van der Waals surface area (Å²) in [6.45, 7) is -0.934. The minimum absolute atomic E-state index is 0.0518. The summed E-state index contributed by atoms with van der Waals surface area (Å²) in [5, 5.41) is -2.92. The Labute approximate surface area is 96.8 Å². The maximum Gasteiger partial charge on any atom is 0.398 e. The van der Waals surface area contributed by atoms with Crippen LogP contribution in [0.1, 0.15) is 12.8 Å². The quantitative estimate of drug-likeness (QED) is 0.369. The molecule has 1 aliphatic rings. The summed E-state index contributed by atoms with van der Waals surface area (Å²) in [7, 11) is -5.03. The fraction of sp³-hybridized carbons (Fsp3) is 0.714. The van der Waals surface area contributed by atoms with Gasteiger partial charge in [-0.2, -0.15) is 8.42 Å². The van der Waals surface area contributed by atoms with Gasteiger partial charge >= 0.3 is 27.2 Å². The second-order valence-electron chi connectivity index (χ2n) is 3.40. The molecule has 0 radical (unpaired) electrons. The summed E-state index contributed by atoms with van der Waals surface area (Å²) in [6.07, 6.45) is -0.336. The lowest BCUT2D eigenvalue weighted by atomic mass is 10.1. The first-order valence-electron chi connectivity index (χ1n) is 4.59. The molecule has 1 heterocycles. The molecule has 1 saturated heterocycles. The summed E-state index contributed by atoms with van der Waals surface area (Å²) < 4.78 is 39.9. The number of esters is 2. The highest BCUT2D eigenvalue weighted by molar-refractivity contribution is 7.87. The van der Waals surface area contributed by atoms with E-state index < -0.39 is 39.8 Å². The fourth-order valence-electron chi connectivity index (χ4n) is 1.16. The Bertz CT molecular complexity index is 434. The van der Waals surface area contributed by atoms with Gasteiger partial charge in [-0.25, -0.2) is 0 Å². The molecular formula is C7H12N2O7S. The number of rotatable bonds is 2. The van der Waals surface area contributed by atoms with Crippen LogP contribution in [0.3, 0.4) is 0 Å². The first-order valence-corrected chi connectivity index (χ1v) is 6.03. The number of hydrogen-bond donors (Lipinski definition) is 3. The van der Waals surface area contributed by atoms with Crippen molar-refractivity contribution in [2.24, 2.45) is 11.5 Å². The molecular weight excluding hydrogens is 256 g/mol. The minimum Gasteiger partial charge on any atom is -0.406 e. The molecule has 0 saturated carbocycles. The molecule has 10 heteroatoms. The highest BCUT2D eigenvalue weighted by atomic mass is 32.2. The van der Waals surface area contributed by atoms with Crippen LogP contribution in [-0.4, -0.2) is 42.6 Å².